The van der Waals surface area contributed by atoms with Crippen molar-refractivity contribution in [1.82, 2.24) is 10.3 Å². The third-order valence-electron chi connectivity index (χ3n) is 3.84. The summed E-state index contributed by atoms with van der Waals surface area (Å²) in [6, 6.07) is 16.4. The average molecular weight is 446 g/mol. The Bertz CT molecular complexity index is 884. The molecule has 0 aliphatic rings. The van der Waals surface area contributed by atoms with E-state index in [1.54, 1.807) is 24.5 Å². The van der Waals surface area contributed by atoms with E-state index in [1.807, 2.05) is 36.4 Å². The number of nitrogens with one attached hydrogen (secondary N) is 1. The lowest BCUT2D eigenvalue weighted by Gasteiger charge is -2.11. The number of hydrogen-bond acceptors (Lipinski definition) is 2. The molecule has 3 aromatic rings. The standard InChI is InChI=1S/C20H16FIN2O/c21-19-11-17(22)7-6-15(19)10-16-13-23-9-8-18(16)20(25)24-12-14-4-2-1-3-5-14/h1-9,11,13H,10,12H2,(H,24,25). The van der Waals surface area contributed by atoms with Crippen LogP contribution in [0.2, 0.25) is 0 Å². The van der Waals surface area contributed by atoms with Crippen molar-refractivity contribution >= 4 is 28.5 Å². The predicted molar refractivity (Wildman–Crippen MR) is 104 cm³/mol. The Labute approximate surface area is 159 Å². The van der Waals surface area contributed by atoms with Crippen LogP contribution >= 0.6 is 22.6 Å². The normalized spacial score (nSPS) is 10.5. The molecular weight excluding hydrogens is 430 g/mol. The van der Waals surface area contributed by atoms with Crippen LogP contribution in [0.25, 0.3) is 0 Å². The molecule has 0 atom stereocenters. The van der Waals surface area contributed by atoms with Gasteiger partial charge in [0.25, 0.3) is 5.91 Å². The minimum absolute atomic E-state index is 0.188. The number of benzene rings is 2. The van der Waals surface area contributed by atoms with Gasteiger partial charge in [0.15, 0.2) is 0 Å². The first-order valence-corrected chi connectivity index (χ1v) is 8.90. The van der Waals surface area contributed by atoms with Crippen molar-refractivity contribution in [2.75, 3.05) is 0 Å². The van der Waals surface area contributed by atoms with E-state index in [1.165, 1.54) is 6.07 Å². The zero-order chi connectivity index (χ0) is 17.6. The molecule has 1 N–H and O–H groups in total. The van der Waals surface area contributed by atoms with Crippen molar-refractivity contribution < 1.29 is 9.18 Å². The molecule has 1 amide bonds. The molecule has 0 saturated heterocycles. The first-order chi connectivity index (χ1) is 12.1. The monoisotopic (exact) mass is 446 g/mol. The van der Waals surface area contributed by atoms with Gasteiger partial charge in [-0.1, -0.05) is 36.4 Å². The third kappa shape index (κ3) is 4.63. The first-order valence-electron chi connectivity index (χ1n) is 7.82. The first kappa shape index (κ1) is 17.5. The summed E-state index contributed by atoms with van der Waals surface area (Å²) in [7, 11) is 0. The summed E-state index contributed by atoms with van der Waals surface area (Å²) < 4.78 is 15.0. The molecular formula is C20H16FIN2O. The fraction of sp³-hybridized carbons (Fsp3) is 0.100. The molecule has 1 aromatic heterocycles. The van der Waals surface area contributed by atoms with E-state index in [2.05, 4.69) is 32.9 Å². The van der Waals surface area contributed by atoms with Gasteiger partial charge >= 0.3 is 0 Å². The minimum atomic E-state index is -0.272. The van der Waals surface area contributed by atoms with E-state index < -0.39 is 0 Å². The molecule has 25 heavy (non-hydrogen) atoms. The Morgan fingerprint density at radius 3 is 2.64 bits per heavy atom. The number of nitrogens with zero attached hydrogens (tertiary/aromatic N) is 1. The average Bonchev–Trinajstić information content (AvgIpc) is 2.63. The van der Waals surface area contributed by atoms with Crippen LogP contribution in [0.1, 0.15) is 27.0 Å². The molecule has 2 aromatic carbocycles. The van der Waals surface area contributed by atoms with Gasteiger partial charge in [0.05, 0.1) is 0 Å². The molecule has 0 fully saturated rings. The number of pyridine rings is 1. The van der Waals surface area contributed by atoms with Crippen molar-refractivity contribution in [1.29, 1.82) is 0 Å². The second kappa shape index (κ2) is 8.20. The zero-order valence-corrected chi connectivity index (χ0v) is 15.5. The second-order valence-electron chi connectivity index (χ2n) is 5.61. The maximum Gasteiger partial charge on any atom is 0.251 e. The van der Waals surface area contributed by atoms with E-state index in [0.29, 0.717) is 29.7 Å². The number of carbonyl (C=O) groups is 1. The molecule has 3 rings (SSSR count). The topological polar surface area (TPSA) is 42.0 Å². The van der Waals surface area contributed by atoms with Crippen molar-refractivity contribution in [3.63, 3.8) is 0 Å². The highest BCUT2D eigenvalue weighted by molar-refractivity contribution is 14.1. The third-order valence-corrected chi connectivity index (χ3v) is 4.51. The van der Waals surface area contributed by atoms with E-state index in [0.717, 1.165) is 9.13 Å². The smallest absolute Gasteiger partial charge is 0.251 e. The number of hydrogen-bond donors (Lipinski definition) is 1. The lowest BCUT2D eigenvalue weighted by atomic mass is 10.0. The highest BCUT2D eigenvalue weighted by Gasteiger charge is 2.13. The van der Waals surface area contributed by atoms with Crippen molar-refractivity contribution in [3.8, 4) is 0 Å². The summed E-state index contributed by atoms with van der Waals surface area (Å²) in [6.45, 7) is 0.444. The van der Waals surface area contributed by atoms with Crippen LogP contribution in [0.15, 0.2) is 67.0 Å². The van der Waals surface area contributed by atoms with Gasteiger partial charge in [0, 0.05) is 34.5 Å². The number of aromatic nitrogens is 1. The maximum absolute atomic E-state index is 14.1. The lowest BCUT2D eigenvalue weighted by molar-refractivity contribution is 0.0950. The minimum Gasteiger partial charge on any atom is -0.348 e. The number of halogens is 2. The fourth-order valence-corrected chi connectivity index (χ4v) is 2.99. The summed E-state index contributed by atoms with van der Waals surface area (Å²) in [5.41, 5.74) is 2.79. The number of amides is 1. The summed E-state index contributed by atoms with van der Waals surface area (Å²) in [5.74, 6) is -0.460. The molecule has 0 unspecified atom stereocenters. The summed E-state index contributed by atoms with van der Waals surface area (Å²) in [6.07, 6.45) is 3.52. The molecule has 0 saturated carbocycles. The largest absolute Gasteiger partial charge is 0.348 e. The fourth-order valence-electron chi connectivity index (χ4n) is 2.53. The quantitative estimate of drug-likeness (QED) is 0.593. The molecule has 0 aliphatic heterocycles. The molecule has 0 aliphatic carbocycles. The highest BCUT2D eigenvalue weighted by Crippen LogP contribution is 2.18. The van der Waals surface area contributed by atoms with E-state index in [4.69, 9.17) is 0 Å². The maximum atomic E-state index is 14.1. The van der Waals surface area contributed by atoms with Crippen LogP contribution in [0.5, 0.6) is 0 Å². The van der Waals surface area contributed by atoms with Crippen molar-refractivity contribution in [2.45, 2.75) is 13.0 Å². The Hall–Kier alpha value is -2.28. The molecule has 0 bridgehead atoms. The van der Waals surface area contributed by atoms with E-state index in [-0.39, 0.29) is 11.7 Å². The Morgan fingerprint density at radius 1 is 1.08 bits per heavy atom. The molecule has 0 radical (unpaired) electrons. The molecule has 3 nitrogen and oxygen atoms in total. The second-order valence-corrected chi connectivity index (χ2v) is 6.86. The Morgan fingerprint density at radius 2 is 1.88 bits per heavy atom. The molecule has 126 valence electrons. The van der Waals surface area contributed by atoms with Crippen molar-refractivity contribution in [3.05, 3.63) is 98.6 Å². The van der Waals surface area contributed by atoms with Crippen molar-refractivity contribution in [2.24, 2.45) is 0 Å². The number of rotatable bonds is 5. The molecule has 0 spiro atoms. The van der Waals surface area contributed by atoms with Gasteiger partial charge in [0.2, 0.25) is 0 Å². The van der Waals surface area contributed by atoms with Crippen LogP contribution < -0.4 is 5.32 Å². The van der Waals surface area contributed by atoms with Gasteiger partial charge in [-0.05, 0) is 57.5 Å². The SMILES string of the molecule is O=C(NCc1ccccc1)c1ccncc1Cc1ccc(I)cc1F. The molecule has 5 heteroatoms. The van der Waals surface area contributed by atoms with Crippen LogP contribution in [0.4, 0.5) is 4.39 Å². The van der Waals surface area contributed by atoms with E-state index >= 15 is 0 Å². The number of carbonyl (C=O) groups excluding carboxylic acids is 1. The van der Waals surface area contributed by atoms with Crippen LogP contribution in [-0.2, 0) is 13.0 Å². The van der Waals surface area contributed by atoms with Gasteiger partial charge in [-0.3, -0.25) is 9.78 Å². The summed E-state index contributed by atoms with van der Waals surface area (Å²) in [4.78, 5) is 16.6. The van der Waals surface area contributed by atoms with Gasteiger partial charge in [0.1, 0.15) is 5.82 Å². The molecule has 1 heterocycles. The van der Waals surface area contributed by atoms with Crippen LogP contribution in [-0.4, -0.2) is 10.9 Å². The van der Waals surface area contributed by atoms with Crippen LogP contribution in [0, 0.1) is 9.39 Å². The van der Waals surface area contributed by atoms with Gasteiger partial charge in [-0.25, -0.2) is 4.39 Å². The highest BCUT2D eigenvalue weighted by atomic mass is 127. The summed E-state index contributed by atoms with van der Waals surface area (Å²) >= 11 is 2.07. The van der Waals surface area contributed by atoms with Gasteiger partial charge in [-0.2, -0.15) is 0 Å². The van der Waals surface area contributed by atoms with Gasteiger partial charge < -0.3 is 5.32 Å². The zero-order valence-electron chi connectivity index (χ0n) is 13.4. The summed E-state index contributed by atoms with van der Waals surface area (Å²) in [5, 5.41) is 2.90. The predicted octanol–water partition coefficient (Wildman–Crippen LogP) is 4.35. The van der Waals surface area contributed by atoms with Gasteiger partial charge in [-0.15, -0.1) is 0 Å². The van der Waals surface area contributed by atoms with Crippen LogP contribution in [0.3, 0.4) is 0 Å². The Balaban J connectivity index is 1.77. The lowest BCUT2D eigenvalue weighted by Crippen LogP contribution is -2.24. The van der Waals surface area contributed by atoms with E-state index in [9.17, 15) is 9.18 Å². The Kier molecular flexibility index (Phi) is 5.75.